The van der Waals surface area contributed by atoms with Gasteiger partial charge in [-0.15, -0.1) is 0 Å². The number of nitrogens with zero attached hydrogens (tertiary/aromatic N) is 2. The van der Waals surface area contributed by atoms with Crippen molar-refractivity contribution in [3.05, 3.63) is 28.4 Å². The molecule has 6 nitrogen and oxygen atoms in total. The van der Waals surface area contributed by atoms with Gasteiger partial charge in [0.25, 0.3) is 0 Å². The lowest BCUT2D eigenvalue weighted by atomic mass is 10.1. The number of anilines is 1. The average molecular weight is 370 g/mol. The van der Waals surface area contributed by atoms with Crippen LogP contribution in [0.4, 0.5) is 5.82 Å². The van der Waals surface area contributed by atoms with E-state index in [0.717, 1.165) is 12.8 Å². The number of benzene rings is 1. The number of hydrogen-bond donors (Lipinski definition) is 1. The number of hydrogen-bond acceptors (Lipinski definition) is 6. The lowest BCUT2D eigenvalue weighted by molar-refractivity contribution is -0.209. The Morgan fingerprint density at radius 1 is 1.17 bits per heavy atom. The summed E-state index contributed by atoms with van der Waals surface area (Å²) in [5.41, 5.74) is 1.40. The molecule has 1 aromatic carbocycles. The van der Waals surface area contributed by atoms with Gasteiger partial charge in [-0.3, -0.25) is 4.98 Å². The van der Waals surface area contributed by atoms with Crippen molar-refractivity contribution in [3.8, 4) is 0 Å². The maximum Gasteiger partial charge on any atom is 0.173 e. The van der Waals surface area contributed by atoms with Gasteiger partial charge in [0.05, 0.1) is 47.1 Å². The molecule has 2 aliphatic heterocycles. The van der Waals surface area contributed by atoms with Crippen LogP contribution in [0.1, 0.15) is 12.8 Å². The third-order valence-electron chi connectivity index (χ3n) is 4.26. The largest absolute Gasteiger partial charge is 0.381 e. The first-order valence-electron chi connectivity index (χ1n) is 7.89. The highest BCUT2D eigenvalue weighted by molar-refractivity contribution is 6.42. The fourth-order valence-electron chi connectivity index (χ4n) is 2.97. The molecule has 0 aliphatic carbocycles. The van der Waals surface area contributed by atoms with E-state index in [1.54, 1.807) is 18.3 Å². The Kier molecular flexibility index (Phi) is 4.49. The summed E-state index contributed by atoms with van der Waals surface area (Å²) in [5, 5.41) is 4.18. The van der Waals surface area contributed by atoms with E-state index in [-0.39, 0.29) is 6.10 Å². The summed E-state index contributed by atoms with van der Waals surface area (Å²) in [6, 6.07) is 3.42. The van der Waals surface area contributed by atoms with Gasteiger partial charge in [-0.05, 0) is 12.1 Å². The second-order valence-corrected chi connectivity index (χ2v) is 6.78. The van der Waals surface area contributed by atoms with Gasteiger partial charge in [0, 0.05) is 19.4 Å². The summed E-state index contributed by atoms with van der Waals surface area (Å²) in [7, 11) is 0. The maximum atomic E-state index is 6.08. The minimum atomic E-state index is -0.468. The molecule has 128 valence electrons. The predicted molar refractivity (Wildman–Crippen MR) is 91.7 cm³/mol. The van der Waals surface area contributed by atoms with Crippen molar-refractivity contribution < 1.29 is 14.2 Å². The zero-order valence-electron chi connectivity index (χ0n) is 12.9. The van der Waals surface area contributed by atoms with Gasteiger partial charge >= 0.3 is 0 Å². The number of halogens is 2. The Balaban J connectivity index is 1.41. The SMILES string of the molecule is Clc1cc2ncc(NCC3COC4(CCOCC4)O3)nc2cc1Cl. The summed E-state index contributed by atoms with van der Waals surface area (Å²) in [4.78, 5) is 8.86. The summed E-state index contributed by atoms with van der Waals surface area (Å²) in [6.07, 6.45) is 3.21. The minimum absolute atomic E-state index is 0.0191. The molecule has 2 fully saturated rings. The Morgan fingerprint density at radius 2 is 1.92 bits per heavy atom. The first-order valence-corrected chi connectivity index (χ1v) is 8.64. The van der Waals surface area contributed by atoms with E-state index in [0.29, 0.717) is 53.3 Å². The van der Waals surface area contributed by atoms with Gasteiger partial charge < -0.3 is 19.5 Å². The summed E-state index contributed by atoms with van der Waals surface area (Å²) >= 11 is 12.0. The second-order valence-electron chi connectivity index (χ2n) is 5.97. The van der Waals surface area contributed by atoms with Gasteiger partial charge in [-0.2, -0.15) is 0 Å². The van der Waals surface area contributed by atoms with Gasteiger partial charge in [0.15, 0.2) is 5.79 Å². The van der Waals surface area contributed by atoms with Crippen LogP contribution >= 0.6 is 23.2 Å². The molecule has 0 bridgehead atoms. The Bertz CT molecular complexity index is 753. The van der Waals surface area contributed by atoms with E-state index in [1.165, 1.54) is 0 Å². The quantitative estimate of drug-likeness (QED) is 0.895. The third kappa shape index (κ3) is 3.30. The van der Waals surface area contributed by atoms with Crippen LogP contribution in [-0.2, 0) is 14.2 Å². The van der Waals surface area contributed by atoms with Crippen LogP contribution < -0.4 is 5.32 Å². The standard InChI is InChI=1S/C16H17Cl2N3O3/c17-11-5-13-14(6-12(11)18)21-15(8-19-13)20-7-10-9-23-16(24-10)1-3-22-4-2-16/h5-6,8,10H,1-4,7,9H2,(H,20,21). The highest BCUT2D eigenvalue weighted by Crippen LogP contribution is 2.33. The highest BCUT2D eigenvalue weighted by Gasteiger charge is 2.42. The summed E-state index contributed by atoms with van der Waals surface area (Å²) < 4.78 is 17.3. The van der Waals surface area contributed by atoms with Crippen LogP contribution in [0, 0.1) is 0 Å². The molecule has 1 atom stereocenters. The van der Waals surface area contributed by atoms with Gasteiger partial charge in [-0.1, -0.05) is 23.2 Å². The topological polar surface area (TPSA) is 65.5 Å². The van der Waals surface area contributed by atoms with E-state index in [9.17, 15) is 0 Å². The molecule has 24 heavy (non-hydrogen) atoms. The molecule has 8 heteroatoms. The molecule has 3 heterocycles. The van der Waals surface area contributed by atoms with Crippen LogP contribution in [0.2, 0.25) is 10.0 Å². The number of nitrogens with one attached hydrogen (secondary N) is 1. The number of aromatic nitrogens is 2. The predicted octanol–water partition coefficient (Wildman–Crippen LogP) is 3.27. The molecule has 0 amide bonds. The normalized spacial score (nSPS) is 23.0. The summed E-state index contributed by atoms with van der Waals surface area (Å²) in [5.74, 6) is 0.196. The Morgan fingerprint density at radius 3 is 2.71 bits per heavy atom. The van der Waals surface area contributed by atoms with Crippen molar-refractivity contribution in [1.82, 2.24) is 9.97 Å². The van der Waals surface area contributed by atoms with Crippen LogP contribution in [0.25, 0.3) is 11.0 Å². The molecule has 1 unspecified atom stereocenters. The first-order chi connectivity index (χ1) is 11.6. The van der Waals surface area contributed by atoms with E-state index < -0.39 is 5.79 Å². The van der Waals surface area contributed by atoms with E-state index in [2.05, 4.69) is 15.3 Å². The van der Waals surface area contributed by atoms with Crippen molar-refractivity contribution in [3.63, 3.8) is 0 Å². The molecule has 0 saturated carbocycles. The van der Waals surface area contributed by atoms with E-state index >= 15 is 0 Å². The fraction of sp³-hybridized carbons (Fsp3) is 0.500. The lowest BCUT2D eigenvalue weighted by Gasteiger charge is -2.31. The Hall–Kier alpha value is -1.18. The van der Waals surface area contributed by atoms with E-state index in [1.807, 2.05) is 0 Å². The van der Waals surface area contributed by atoms with E-state index in [4.69, 9.17) is 37.4 Å². The van der Waals surface area contributed by atoms with Gasteiger partial charge in [0.2, 0.25) is 0 Å². The number of ether oxygens (including phenoxy) is 3. The summed E-state index contributed by atoms with van der Waals surface area (Å²) in [6.45, 7) is 2.53. The van der Waals surface area contributed by atoms with Crippen LogP contribution in [0.3, 0.4) is 0 Å². The van der Waals surface area contributed by atoms with Crippen molar-refractivity contribution in [2.75, 3.05) is 31.7 Å². The molecule has 1 aromatic heterocycles. The molecule has 0 radical (unpaired) electrons. The fourth-order valence-corrected chi connectivity index (χ4v) is 3.29. The van der Waals surface area contributed by atoms with Crippen LogP contribution in [0.15, 0.2) is 18.3 Å². The third-order valence-corrected chi connectivity index (χ3v) is 4.99. The number of rotatable bonds is 3. The smallest absolute Gasteiger partial charge is 0.173 e. The van der Waals surface area contributed by atoms with Crippen molar-refractivity contribution in [2.24, 2.45) is 0 Å². The average Bonchev–Trinajstić information content (AvgIpc) is 2.97. The Labute approximate surface area is 149 Å². The van der Waals surface area contributed by atoms with Crippen LogP contribution in [-0.4, -0.2) is 48.2 Å². The van der Waals surface area contributed by atoms with Crippen LogP contribution in [0.5, 0.6) is 0 Å². The molecule has 2 saturated heterocycles. The zero-order valence-corrected chi connectivity index (χ0v) is 14.4. The molecule has 2 aromatic rings. The maximum absolute atomic E-state index is 6.08. The molecule has 2 aliphatic rings. The molecule has 4 rings (SSSR count). The van der Waals surface area contributed by atoms with Crippen molar-refractivity contribution in [1.29, 1.82) is 0 Å². The second kappa shape index (κ2) is 6.61. The van der Waals surface area contributed by atoms with Crippen molar-refractivity contribution in [2.45, 2.75) is 24.7 Å². The molecular formula is C16H17Cl2N3O3. The molecule has 1 spiro atoms. The van der Waals surface area contributed by atoms with Crippen molar-refractivity contribution >= 4 is 40.1 Å². The number of fused-ring (bicyclic) bond motifs is 1. The lowest BCUT2D eigenvalue weighted by Crippen LogP contribution is -2.38. The highest BCUT2D eigenvalue weighted by atomic mass is 35.5. The monoisotopic (exact) mass is 369 g/mol. The minimum Gasteiger partial charge on any atom is -0.381 e. The molecule has 1 N–H and O–H groups in total. The zero-order chi connectivity index (χ0) is 16.6. The van der Waals surface area contributed by atoms with Gasteiger partial charge in [0.1, 0.15) is 11.9 Å². The van der Waals surface area contributed by atoms with Gasteiger partial charge in [-0.25, -0.2) is 4.98 Å². The first kappa shape index (κ1) is 16.3. The molecular weight excluding hydrogens is 353 g/mol.